The average Bonchev–Trinajstić information content (AvgIpc) is 2.37. The number of aliphatic hydroxyl groups excluding tert-OH is 1. The molecule has 1 saturated heterocycles. The lowest BCUT2D eigenvalue weighted by Crippen LogP contribution is -2.50. The van der Waals surface area contributed by atoms with Crippen molar-refractivity contribution in [3.63, 3.8) is 0 Å². The lowest BCUT2D eigenvalue weighted by Gasteiger charge is -2.35. The van der Waals surface area contributed by atoms with Gasteiger partial charge in [-0.05, 0) is 6.07 Å². The highest BCUT2D eigenvalue weighted by Gasteiger charge is 2.24. The summed E-state index contributed by atoms with van der Waals surface area (Å²) in [6.07, 6.45) is -0.527. The minimum absolute atomic E-state index is 0.513. The molecule has 2 aliphatic heterocycles. The van der Waals surface area contributed by atoms with Crippen LogP contribution < -0.4 is 25.4 Å². The van der Waals surface area contributed by atoms with Crippen molar-refractivity contribution in [3.05, 3.63) is 12.1 Å². The number of benzene rings is 1. The van der Waals surface area contributed by atoms with Crippen molar-refractivity contribution in [2.24, 2.45) is 0 Å². The van der Waals surface area contributed by atoms with Crippen LogP contribution in [0, 0.1) is 0 Å². The Morgan fingerprint density at radius 2 is 2.17 bits per heavy atom. The SMILES string of the molecule is Nc1cc2c(c(N3CCNC(O)C3)c1)OCCO2. The largest absolute Gasteiger partial charge is 0.486 e. The summed E-state index contributed by atoms with van der Waals surface area (Å²) in [5, 5.41) is 12.6. The zero-order valence-corrected chi connectivity index (χ0v) is 10.1. The zero-order valence-electron chi connectivity index (χ0n) is 10.1. The molecule has 2 aliphatic rings. The zero-order chi connectivity index (χ0) is 12.5. The molecular formula is C12H17N3O3. The number of anilines is 2. The van der Waals surface area contributed by atoms with E-state index in [9.17, 15) is 5.11 Å². The number of nitrogens with zero attached hydrogens (tertiary/aromatic N) is 1. The van der Waals surface area contributed by atoms with E-state index in [1.54, 1.807) is 6.07 Å². The fourth-order valence-corrected chi connectivity index (χ4v) is 2.34. The molecule has 1 aromatic carbocycles. The van der Waals surface area contributed by atoms with E-state index >= 15 is 0 Å². The van der Waals surface area contributed by atoms with Gasteiger partial charge in [-0.3, -0.25) is 5.32 Å². The summed E-state index contributed by atoms with van der Waals surface area (Å²) in [5.74, 6) is 1.41. The number of hydrogen-bond acceptors (Lipinski definition) is 6. The first-order valence-electron chi connectivity index (χ1n) is 6.09. The standard InChI is InChI=1S/C12H17N3O3/c13-8-5-9(15-2-1-14-11(16)7-15)12-10(6-8)17-3-4-18-12/h5-6,11,14,16H,1-4,7,13H2. The smallest absolute Gasteiger partial charge is 0.184 e. The maximum absolute atomic E-state index is 9.66. The van der Waals surface area contributed by atoms with Gasteiger partial charge in [-0.2, -0.15) is 0 Å². The minimum Gasteiger partial charge on any atom is -0.486 e. The van der Waals surface area contributed by atoms with Gasteiger partial charge >= 0.3 is 0 Å². The van der Waals surface area contributed by atoms with Crippen LogP contribution in [-0.4, -0.2) is 44.2 Å². The summed E-state index contributed by atoms with van der Waals surface area (Å²) in [7, 11) is 0. The third-order valence-electron chi connectivity index (χ3n) is 3.14. The highest BCUT2D eigenvalue weighted by atomic mass is 16.6. The lowest BCUT2D eigenvalue weighted by molar-refractivity contribution is 0.130. The van der Waals surface area contributed by atoms with E-state index in [-0.39, 0.29) is 0 Å². The van der Waals surface area contributed by atoms with Crippen molar-refractivity contribution in [1.29, 1.82) is 0 Å². The summed E-state index contributed by atoms with van der Waals surface area (Å²) >= 11 is 0. The first-order chi connectivity index (χ1) is 8.74. The number of aliphatic hydroxyl groups is 1. The Hall–Kier alpha value is -1.66. The predicted octanol–water partition coefficient (Wildman–Crippen LogP) is -0.232. The Labute approximate surface area is 105 Å². The molecule has 1 atom stereocenters. The summed E-state index contributed by atoms with van der Waals surface area (Å²) in [6.45, 7) is 3.12. The normalized spacial score (nSPS) is 22.9. The Balaban J connectivity index is 1.97. The third-order valence-corrected chi connectivity index (χ3v) is 3.14. The molecule has 4 N–H and O–H groups in total. The van der Waals surface area contributed by atoms with Crippen LogP contribution >= 0.6 is 0 Å². The first kappa shape index (κ1) is 11.4. The molecule has 6 heteroatoms. The van der Waals surface area contributed by atoms with Crippen molar-refractivity contribution in [1.82, 2.24) is 5.32 Å². The molecule has 1 aromatic rings. The monoisotopic (exact) mass is 251 g/mol. The molecule has 1 fully saturated rings. The van der Waals surface area contributed by atoms with E-state index < -0.39 is 6.23 Å². The van der Waals surface area contributed by atoms with E-state index in [1.807, 2.05) is 6.07 Å². The maximum atomic E-state index is 9.66. The lowest BCUT2D eigenvalue weighted by atomic mass is 10.2. The van der Waals surface area contributed by atoms with Crippen LogP contribution in [0.1, 0.15) is 0 Å². The Morgan fingerprint density at radius 1 is 1.33 bits per heavy atom. The van der Waals surface area contributed by atoms with Crippen LogP contribution in [0.4, 0.5) is 11.4 Å². The summed E-state index contributed by atoms with van der Waals surface area (Å²) in [6, 6.07) is 3.64. The van der Waals surface area contributed by atoms with Gasteiger partial charge in [0.05, 0.1) is 12.2 Å². The van der Waals surface area contributed by atoms with Gasteiger partial charge in [0.2, 0.25) is 0 Å². The number of rotatable bonds is 1. The summed E-state index contributed by atoms with van der Waals surface area (Å²) < 4.78 is 11.2. The van der Waals surface area contributed by atoms with E-state index in [0.717, 1.165) is 24.5 Å². The van der Waals surface area contributed by atoms with Crippen LogP contribution in [0.3, 0.4) is 0 Å². The van der Waals surface area contributed by atoms with Gasteiger partial charge in [-0.25, -0.2) is 0 Å². The van der Waals surface area contributed by atoms with E-state index in [2.05, 4.69) is 10.2 Å². The predicted molar refractivity (Wildman–Crippen MR) is 68.1 cm³/mol. The van der Waals surface area contributed by atoms with Gasteiger partial charge in [0.25, 0.3) is 0 Å². The Kier molecular flexibility index (Phi) is 2.89. The van der Waals surface area contributed by atoms with Gasteiger partial charge in [0.15, 0.2) is 11.5 Å². The second-order valence-electron chi connectivity index (χ2n) is 4.48. The highest BCUT2D eigenvalue weighted by Crippen LogP contribution is 2.41. The molecule has 2 heterocycles. The van der Waals surface area contributed by atoms with Gasteiger partial charge in [-0.15, -0.1) is 0 Å². The second-order valence-corrected chi connectivity index (χ2v) is 4.48. The number of nitrogens with one attached hydrogen (secondary N) is 1. The molecule has 0 saturated carbocycles. The molecule has 0 amide bonds. The van der Waals surface area contributed by atoms with Gasteiger partial charge in [0.1, 0.15) is 19.4 Å². The molecule has 0 bridgehead atoms. The molecule has 0 aromatic heterocycles. The molecule has 0 radical (unpaired) electrons. The van der Waals surface area contributed by atoms with Crippen molar-refractivity contribution >= 4 is 11.4 Å². The molecule has 98 valence electrons. The van der Waals surface area contributed by atoms with Crippen LogP contribution in [0.2, 0.25) is 0 Å². The summed E-state index contributed by atoms with van der Waals surface area (Å²) in [4.78, 5) is 2.06. The van der Waals surface area contributed by atoms with Crippen LogP contribution in [0.25, 0.3) is 0 Å². The van der Waals surface area contributed by atoms with Crippen LogP contribution in [0.15, 0.2) is 12.1 Å². The van der Waals surface area contributed by atoms with Crippen LogP contribution in [-0.2, 0) is 0 Å². The van der Waals surface area contributed by atoms with Crippen molar-refractivity contribution in [2.45, 2.75) is 6.23 Å². The average molecular weight is 251 g/mol. The van der Waals surface area contributed by atoms with E-state index in [1.165, 1.54) is 0 Å². The molecule has 3 rings (SSSR count). The number of fused-ring (bicyclic) bond motifs is 1. The van der Waals surface area contributed by atoms with Crippen molar-refractivity contribution in [2.75, 3.05) is 43.5 Å². The number of β-amino-alcohol motifs (C(OH)–C–C–N with tert-alkyl or cyclic N) is 1. The van der Waals surface area contributed by atoms with Gasteiger partial charge in [0, 0.05) is 24.8 Å². The molecule has 18 heavy (non-hydrogen) atoms. The molecular weight excluding hydrogens is 234 g/mol. The number of piperazine rings is 1. The van der Waals surface area contributed by atoms with Crippen LogP contribution in [0.5, 0.6) is 11.5 Å². The van der Waals surface area contributed by atoms with Crippen molar-refractivity contribution in [3.8, 4) is 11.5 Å². The molecule has 0 aliphatic carbocycles. The fourth-order valence-electron chi connectivity index (χ4n) is 2.34. The Morgan fingerprint density at radius 3 is 3.00 bits per heavy atom. The second kappa shape index (κ2) is 4.55. The Bertz CT molecular complexity index is 452. The van der Waals surface area contributed by atoms with E-state index in [0.29, 0.717) is 31.2 Å². The molecule has 1 unspecified atom stereocenters. The quantitative estimate of drug-likeness (QED) is 0.598. The molecule has 6 nitrogen and oxygen atoms in total. The third kappa shape index (κ3) is 2.04. The highest BCUT2D eigenvalue weighted by molar-refractivity contribution is 5.71. The van der Waals surface area contributed by atoms with Gasteiger partial charge in [-0.1, -0.05) is 0 Å². The number of nitrogen functional groups attached to an aromatic ring is 1. The minimum atomic E-state index is -0.527. The van der Waals surface area contributed by atoms with Crippen molar-refractivity contribution < 1.29 is 14.6 Å². The first-order valence-corrected chi connectivity index (χ1v) is 6.09. The maximum Gasteiger partial charge on any atom is 0.184 e. The summed E-state index contributed by atoms with van der Waals surface area (Å²) in [5.41, 5.74) is 7.42. The fraction of sp³-hybridized carbons (Fsp3) is 0.500. The molecule has 0 spiro atoms. The topological polar surface area (TPSA) is 80.0 Å². The number of hydrogen-bond donors (Lipinski definition) is 3. The number of nitrogens with two attached hydrogens (primary N) is 1. The number of ether oxygens (including phenoxy) is 2. The van der Waals surface area contributed by atoms with Gasteiger partial charge < -0.3 is 25.2 Å². The van der Waals surface area contributed by atoms with E-state index in [4.69, 9.17) is 15.2 Å².